The number of hydrogen-bond donors (Lipinski definition) is 5. The maximum atomic E-state index is 9.64. The first-order valence-electron chi connectivity index (χ1n) is 6.17. The van der Waals surface area contributed by atoms with Crippen LogP contribution < -0.4 is 21.9 Å². The molecule has 0 aliphatic carbocycles. The number of anilines is 1. The second-order valence-electron chi connectivity index (χ2n) is 3.93. The molecule has 0 aromatic heterocycles. The number of hydrazine groups is 2. The van der Waals surface area contributed by atoms with Gasteiger partial charge in [-0.2, -0.15) is 0 Å². The van der Waals surface area contributed by atoms with Gasteiger partial charge in [0.05, 0.1) is 5.69 Å². The molecule has 0 saturated heterocycles. The Morgan fingerprint density at radius 2 is 1.94 bits per heavy atom. The van der Waals surface area contributed by atoms with Crippen LogP contribution in [0.2, 0.25) is 0 Å². The van der Waals surface area contributed by atoms with Gasteiger partial charge in [-0.25, -0.2) is 5.43 Å². The molecule has 0 aliphatic heterocycles. The quantitative estimate of drug-likeness (QED) is 0.236. The van der Waals surface area contributed by atoms with E-state index in [-0.39, 0.29) is 0 Å². The van der Waals surface area contributed by atoms with Crippen molar-refractivity contribution in [2.45, 2.75) is 13.2 Å². The molecule has 6 N–H and O–H groups in total. The molecule has 0 aliphatic rings. The van der Waals surface area contributed by atoms with Crippen LogP contribution in [0.25, 0.3) is 0 Å². The molecule has 0 radical (unpaired) electrons. The fourth-order valence-electron chi connectivity index (χ4n) is 1.41. The molecule has 0 spiro atoms. The number of aliphatic hydroxyl groups excluding tert-OH is 1. The third-order valence-electron chi connectivity index (χ3n) is 2.30. The van der Waals surface area contributed by atoms with Gasteiger partial charge in [-0.1, -0.05) is 18.2 Å². The van der Waals surface area contributed by atoms with E-state index in [0.29, 0.717) is 13.1 Å². The molecule has 1 atom stereocenters. The molecular weight excluding hydrogens is 230 g/mol. The third kappa shape index (κ3) is 5.95. The van der Waals surface area contributed by atoms with E-state index in [1.807, 2.05) is 30.3 Å². The van der Waals surface area contributed by atoms with Crippen LogP contribution in [0.4, 0.5) is 5.69 Å². The smallest absolute Gasteiger partial charge is 0.136 e. The molecule has 0 fully saturated rings. The Kier molecular flexibility index (Phi) is 7.31. The molecule has 18 heavy (non-hydrogen) atoms. The zero-order valence-corrected chi connectivity index (χ0v) is 10.8. The molecule has 0 heterocycles. The highest BCUT2D eigenvalue weighted by atomic mass is 16.3. The van der Waals surface area contributed by atoms with E-state index in [1.165, 1.54) is 0 Å². The highest BCUT2D eigenvalue weighted by Gasteiger charge is 2.09. The van der Waals surface area contributed by atoms with Crippen LogP contribution in [0.3, 0.4) is 0 Å². The van der Waals surface area contributed by atoms with Crippen molar-refractivity contribution in [1.82, 2.24) is 15.9 Å². The minimum absolute atomic E-state index is 0.627. The largest absolute Gasteiger partial charge is 0.375 e. The van der Waals surface area contributed by atoms with E-state index in [9.17, 15) is 5.11 Å². The fourth-order valence-corrected chi connectivity index (χ4v) is 1.41. The van der Waals surface area contributed by atoms with Gasteiger partial charge in [0.25, 0.3) is 0 Å². The summed E-state index contributed by atoms with van der Waals surface area (Å²) in [5, 5.41) is 14.4. The van der Waals surface area contributed by atoms with Crippen LogP contribution in [-0.2, 0) is 0 Å². The predicted molar refractivity (Wildman–Crippen MR) is 73.5 cm³/mol. The highest BCUT2D eigenvalue weighted by Crippen LogP contribution is 2.06. The number of nitrogens with two attached hydrogens (primary N) is 1. The Bertz CT molecular complexity index is 307. The van der Waals surface area contributed by atoms with Gasteiger partial charge in [0.1, 0.15) is 6.23 Å². The van der Waals surface area contributed by atoms with Gasteiger partial charge in [-0.15, -0.1) is 5.12 Å². The molecule has 0 saturated carbocycles. The van der Waals surface area contributed by atoms with Crippen molar-refractivity contribution in [3.63, 3.8) is 0 Å². The summed E-state index contributed by atoms with van der Waals surface area (Å²) in [5.41, 5.74) is 12.5. The van der Waals surface area contributed by atoms with Gasteiger partial charge in [-0.05, 0) is 19.1 Å². The second-order valence-corrected chi connectivity index (χ2v) is 3.93. The zero-order chi connectivity index (χ0) is 13.2. The number of nitrogens with zero attached hydrogens (tertiary/aromatic N) is 1. The van der Waals surface area contributed by atoms with Crippen LogP contribution in [0, 0.1) is 0 Å². The van der Waals surface area contributed by atoms with Crippen molar-refractivity contribution < 1.29 is 5.11 Å². The van der Waals surface area contributed by atoms with E-state index >= 15 is 0 Å². The van der Waals surface area contributed by atoms with Crippen LogP contribution in [0.15, 0.2) is 30.3 Å². The van der Waals surface area contributed by atoms with Gasteiger partial charge in [0, 0.05) is 26.2 Å². The van der Waals surface area contributed by atoms with Crippen molar-refractivity contribution >= 4 is 5.69 Å². The molecular formula is C12H23N5O. The van der Waals surface area contributed by atoms with Crippen LogP contribution in [-0.4, -0.2) is 42.6 Å². The van der Waals surface area contributed by atoms with Gasteiger partial charge in [-0.3, -0.25) is 0 Å². The minimum Gasteiger partial charge on any atom is -0.375 e. The monoisotopic (exact) mass is 253 g/mol. The lowest BCUT2D eigenvalue weighted by Gasteiger charge is -2.27. The predicted octanol–water partition coefficient (Wildman–Crippen LogP) is -0.293. The number of rotatable bonds is 9. The molecule has 1 aromatic carbocycles. The average Bonchev–Trinajstić information content (AvgIpc) is 2.38. The first-order chi connectivity index (χ1) is 8.74. The number of hydrogen-bond acceptors (Lipinski definition) is 6. The Hall–Kier alpha value is -1.18. The van der Waals surface area contributed by atoms with E-state index in [4.69, 9.17) is 5.73 Å². The zero-order valence-electron chi connectivity index (χ0n) is 10.8. The summed E-state index contributed by atoms with van der Waals surface area (Å²) >= 11 is 0. The fraction of sp³-hybridized carbons (Fsp3) is 0.500. The number of benzene rings is 1. The second kappa shape index (κ2) is 8.84. The van der Waals surface area contributed by atoms with E-state index < -0.39 is 6.23 Å². The molecule has 1 rings (SSSR count). The molecule has 1 aromatic rings. The molecule has 102 valence electrons. The van der Waals surface area contributed by atoms with Crippen molar-refractivity contribution in [2.75, 3.05) is 31.6 Å². The first-order valence-corrected chi connectivity index (χ1v) is 6.17. The van der Waals surface area contributed by atoms with Crippen molar-refractivity contribution in [2.24, 2.45) is 5.73 Å². The first kappa shape index (κ1) is 14.9. The van der Waals surface area contributed by atoms with Crippen molar-refractivity contribution in [3.8, 4) is 0 Å². The molecule has 0 amide bonds. The topological polar surface area (TPSA) is 85.6 Å². The summed E-state index contributed by atoms with van der Waals surface area (Å²) < 4.78 is 0. The normalized spacial score (nSPS) is 12.7. The highest BCUT2D eigenvalue weighted by molar-refractivity contribution is 5.41. The summed E-state index contributed by atoms with van der Waals surface area (Å²) in [4.78, 5) is 0. The standard InChI is InChI=1S/C12H23N5O/c1-11(18)17(15-10-9-14-8-7-13)16-12-5-3-2-4-6-12/h2-6,11,14-16,18H,7-10,13H2,1H3. The van der Waals surface area contributed by atoms with Gasteiger partial charge < -0.3 is 21.6 Å². The van der Waals surface area contributed by atoms with Gasteiger partial charge in [0.2, 0.25) is 0 Å². The minimum atomic E-state index is -0.639. The van der Waals surface area contributed by atoms with Crippen molar-refractivity contribution in [1.29, 1.82) is 0 Å². The van der Waals surface area contributed by atoms with Gasteiger partial charge >= 0.3 is 0 Å². The summed E-state index contributed by atoms with van der Waals surface area (Å²) in [6.07, 6.45) is -0.639. The SMILES string of the molecule is CC(O)N(NCCNCCN)Nc1ccccc1. The lowest BCUT2D eigenvalue weighted by molar-refractivity contribution is 0.00146. The molecule has 0 bridgehead atoms. The Morgan fingerprint density at radius 3 is 2.56 bits per heavy atom. The van der Waals surface area contributed by atoms with E-state index in [0.717, 1.165) is 18.8 Å². The maximum absolute atomic E-state index is 9.64. The van der Waals surface area contributed by atoms with Crippen LogP contribution in [0.5, 0.6) is 0 Å². The molecule has 1 unspecified atom stereocenters. The van der Waals surface area contributed by atoms with Crippen molar-refractivity contribution in [3.05, 3.63) is 30.3 Å². The average molecular weight is 253 g/mol. The van der Waals surface area contributed by atoms with E-state index in [1.54, 1.807) is 12.0 Å². The van der Waals surface area contributed by atoms with Crippen LogP contribution >= 0.6 is 0 Å². The number of para-hydroxylation sites is 1. The number of aliphatic hydroxyl groups is 1. The Balaban J connectivity index is 2.32. The lowest BCUT2D eigenvalue weighted by Crippen LogP contribution is -2.50. The Morgan fingerprint density at radius 1 is 1.22 bits per heavy atom. The molecule has 6 heteroatoms. The summed E-state index contributed by atoms with van der Waals surface area (Å²) in [7, 11) is 0. The van der Waals surface area contributed by atoms with E-state index in [2.05, 4.69) is 16.2 Å². The molecule has 6 nitrogen and oxygen atoms in total. The van der Waals surface area contributed by atoms with Gasteiger partial charge in [0.15, 0.2) is 0 Å². The Labute approximate surface area is 108 Å². The lowest BCUT2D eigenvalue weighted by atomic mass is 10.3. The van der Waals surface area contributed by atoms with Crippen LogP contribution in [0.1, 0.15) is 6.92 Å². The maximum Gasteiger partial charge on any atom is 0.136 e. The summed E-state index contributed by atoms with van der Waals surface area (Å²) in [6.45, 7) is 4.60. The number of nitrogens with one attached hydrogen (secondary N) is 3. The summed E-state index contributed by atoms with van der Waals surface area (Å²) in [5.74, 6) is 0. The third-order valence-corrected chi connectivity index (χ3v) is 2.30. The summed E-state index contributed by atoms with van der Waals surface area (Å²) in [6, 6.07) is 9.69.